The molecule has 3 N–H and O–H groups in total. The van der Waals surface area contributed by atoms with E-state index in [0.717, 1.165) is 0 Å². The fourth-order valence-corrected chi connectivity index (χ4v) is 5.82. The Labute approximate surface area is 231 Å². The molecule has 0 aliphatic rings. The number of nitrogens with zero attached hydrogens (tertiary/aromatic N) is 2. The van der Waals surface area contributed by atoms with E-state index in [1.807, 2.05) is 22.6 Å². The maximum absolute atomic E-state index is 13.7. The predicted octanol–water partition coefficient (Wildman–Crippen LogP) is 6.71. The normalized spacial score (nSPS) is 11.8. The van der Waals surface area contributed by atoms with Gasteiger partial charge in [-0.25, -0.2) is 4.98 Å². The molecule has 0 aliphatic heterocycles. The Balaban J connectivity index is 1.91. The minimum atomic E-state index is -4.74. The van der Waals surface area contributed by atoms with Gasteiger partial charge in [0.1, 0.15) is 11.4 Å². The lowest BCUT2D eigenvalue weighted by Gasteiger charge is -2.18. The van der Waals surface area contributed by atoms with Gasteiger partial charge >= 0.3 is 13.8 Å². The molecule has 0 saturated carbocycles. The van der Waals surface area contributed by atoms with Crippen LogP contribution in [-0.2, 0) is 26.0 Å². The molecule has 1 aromatic heterocycles. The minimum Gasteiger partial charge on any atom is -0.355 e. The first-order valence-corrected chi connectivity index (χ1v) is 14.3. The van der Waals surface area contributed by atoms with E-state index >= 15 is 0 Å². The van der Waals surface area contributed by atoms with Crippen molar-refractivity contribution < 1.29 is 31.6 Å². The first-order chi connectivity index (χ1) is 18.0. The van der Waals surface area contributed by atoms with E-state index in [1.54, 1.807) is 44.2 Å². The number of hydrogen-bond donors (Lipinski definition) is 3. The number of halogens is 4. The number of carbonyl (C=O) groups is 1. The van der Waals surface area contributed by atoms with Crippen LogP contribution in [0.1, 0.15) is 35.3 Å². The highest BCUT2D eigenvalue weighted by molar-refractivity contribution is 14.1. The highest BCUT2D eigenvalue weighted by Gasteiger charge is 2.35. The summed E-state index contributed by atoms with van der Waals surface area (Å²) in [7, 11) is -1.89. The van der Waals surface area contributed by atoms with Crippen LogP contribution >= 0.6 is 30.2 Å². The van der Waals surface area contributed by atoms with Gasteiger partial charge in [-0.3, -0.25) is 9.36 Å². The quantitative estimate of drug-likeness (QED) is 0.153. The van der Waals surface area contributed by atoms with Gasteiger partial charge in [0.05, 0.1) is 36.3 Å². The third-order valence-corrected chi connectivity index (χ3v) is 8.00. The molecular weight excluding hydrogens is 637 g/mol. The Morgan fingerprint density at radius 3 is 2.34 bits per heavy atom. The summed E-state index contributed by atoms with van der Waals surface area (Å²) in [5.74, 6) is -1.09. The molecule has 9 nitrogen and oxygen atoms in total. The largest absolute Gasteiger partial charge is 0.421 e. The molecule has 0 bridgehead atoms. The summed E-state index contributed by atoms with van der Waals surface area (Å²) >= 11 is 2.04. The van der Waals surface area contributed by atoms with E-state index in [4.69, 9.17) is 9.05 Å². The van der Waals surface area contributed by atoms with Crippen LogP contribution in [0.4, 0.5) is 36.3 Å². The van der Waals surface area contributed by atoms with Crippen molar-refractivity contribution in [2.24, 2.45) is 0 Å². The lowest BCUT2D eigenvalue weighted by atomic mass is 10.1. The molecule has 0 spiro atoms. The number of amides is 1. The Kier molecular flexibility index (Phi) is 10.1. The van der Waals surface area contributed by atoms with Crippen LogP contribution < -0.4 is 16.0 Å². The van der Waals surface area contributed by atoms with Gasteiger partial charge in [0.25, 0.3) is 5.91 Å². The molecule has 0 radical (unpaired) electrons. The van der Waals surface area contributed by atoms with Gasteiger partial charge in [-0.05, 0) is 66.3 Å². The molecule has 0 fully saturated rings. The van der Waals surface area contributed by atoms with Crippen molar-refractivity contribution in [3.05, 3.63) is 68.9 Å². The highest BCUT2D eigenvalue weighted by Crippen LogP contribution is 2.51. The van der Waals surface area contributed by atoms with Gasteiger partial charge in [-0.15, -0.1) is 0 Å². The third-order valence-electron chi connectivity index (χ3n) is 5.05. The van der Waals surface area contributed by atoms with Crippen LogP contribution in [0.15, 0.2) is 48.7 Å². The molecule has 0 unspecified atom stereocenters. The summed E-state index contributed by atoms with van der Waals surface area (Å²) in [6, 6.07) is 11.3. The molecule has 2 aromatic carbocycles. The second-order valence-electron chi connectivity index (χ2n) is 7.75. The molecule has 0 aliphatic carbocycles. The van der Waals surface area contributed by atoms with Gasteiger partial charge in [-0.1, -0.05) is 18.2 Å². The highest BCUT2D eigenvalue weighted by atomic mass is 127. The van der Waals surface area contributed by atoms with Crippen molar-refractivity contribution in [2.75, 3.05) is 30.9 Å². The zero-order chi connectivity index (χ0) is 27.9. The van der Waals surface area contributed by atoms with Gasteiger partial charge in [-0.2, -0.15) is 18.2 Å². The molecule has 1 amide bonds. The van der Waals surface area contributed by atoms with Gasteiger partial charge in [0.2, 0.25) is 5.95 Å². The number of alkyl halides is 3. The zero-order valence-electron chi connectivity index (χ0n) is 20.7. The molecular formula is C24H26F3IN5O4P. The third kappa shape index (κ3) is 7.65. The first-order valence-electron chi connectivity index (χ1n) is 11.5. The lowest BCUT2D eigenvalue weighted by molar-refractivity contribution is -0.137. The zero-order valence-corrected chi connectivity index (χ0v) is 23.8. The van der Waals surface area contributed by atoms with Crippen LogP contribution in [0.2, 0.25) is 0 Å². The summed E-state index contributed by atoms with van der Waals surface area (Å²) < 4.78 is 65.4. The van der Waals surface area contributed by atoms with Crippen molar-refractivity contribution in [3.63, 3.8) is 0 Å². The molecule has 0 atom stereocenters. The number of rotatable bonds is 11. The van der Waals surface area contributed by atoms with Gasteiger partial charge in [0, 0.05) is 16.8 Å². The van der Waals surface area contributed by atoms with E-state index in [-0.39, 0.29) is 36.6 Å². The van der Waals surface area contributed by atoms with Crippen molar-refractivity contribution in [1.82, 2.24) is 15.3 Å². The summed E-state index contributed by atoms with van der Waals surface area (Å²) in [6.45, 7) is 3.94. The van der Waals surface area contributed by atoms with E-state index in [9.17, 15) is 22.5 Å². The molecule has 14 heteroatoms. The Bertz CT molecular complexity index is 1330. The molecule has 1 heterocycles. The SMILES string of the molecule is CCOP(=O)(Cc1ccc(Nc2ncc(C(F)(F)F)c(Nc3ccccc3C(=O)NC)n2)c(I)c1)OCC. The lowest BCUT2D eigenvalue weighted by Crippen LogP contribution is -2.20. The van der Waals surface area contributed by atoms with Crippen LogP contribution in [-0.4, -0.2) is 36.1 Å². The number of hydrogen-bond acceptors (Lipinski definition) is 8. The molecule has 38 heavy (non-hydrogen) atoms. The van der Waals surface area contributed by atoms with Crippen LogP contribution in [0.3, 0.4) is 0 Å². The summed E-state index contributed by atoms with van der Waals surface area (Å²) in [4.78, 5) is 20.1. The maximum atomic E-state index is 13.7. The number of carbonyl (C=O) groups excluding carboxylic acids is 1. The standard InChI is InChI=1S/C24H26F3IN5O4P/c1-4-36-38(35,37-5-2)14-15-10-11-20(18(28)12-15)32-23-30-13-17(24(25,26)27)21(33-23)31-19-9-7-6-8-16(19)22(34)29-3/h6-13H,4-5,14H2,1-3H3,(H,29,34)(H2,30,31,32,33). The monoisotopic (exact) mass is 663 g/mol. The van der Waals surface area contributed by atoms with Crippen LogP contribution in [0, 0.1) is 3.57 Å². The average Bonchev–Trinajstić information content (AvgIpc) is 2.85. The summed E-state index contributed by atoms with van der Waals surface area (Å²) in [5.41, 5.74) is 0.425. The van der Waals surface area contributed by atoms with Gasteiger partial charge < -0.3 is 25.0 Å². The van der Waals surface area contributed by atoms with Crippen molar-refractivity contribution in [2.45, 2.75) is 26.2 Å². The molecule has 3 aromatic rings. The Morgan fingerprint density at radius 2 is 1.74 bits per heavy atom. The fraction of sp³-hybridized carbons (Fsp3) is 0.292. The topological polar surface area (TPSA) is 114 Å². The molecule has 3 rings (SSSR count). The van der Waals surface area contributed by atoms with E-state index in [0.29, 0.717) is 21.0 Å². The minimum absolute atomic E-state index is 0.0700. The summed E-state index contributed by atoms with van der Waals surface area (Å²) in [5, 5.41) is 8.00. The van der Waals surface area contributed by atoms with Crippen molar-refractivity contribution in [1.29, 1.82) is 0 Å². The number of benzene rings is 2. The average molecular weight is 663 g/mol. The van der Waals surface area contributed by atoms with Crippen LogP contribution in [0.5, 0.6) is 0 Å². The number of anilines is 4. The number of para-hydroxylation sites is 1. The maximum Gasteiger partial charge on any atom is 0.421 e. The van der Waals surface area contributed by atoms with E-state index < -0.39 is 31.1 Å². The number of aromatic nitrogens is 2. The smallest absolute Gasteiger partial charge is 0.355 e. The molecule has 0 saturated heterocycles. The molecule has 204 valence electrons. The predicted molar refractivity (Wildman–Crippen MR) is 147 cm³/mol. The van der Waals surface area contributed by atoms with Crippen LogP contribution in [0.25, 0.3) is 0 Å². The van der Waals surface area contributed by atoms with Crippen molar-refractivity contribution in [3.8, 4) is 0 Å². The summed E-state index contributed by atoms with van der Waals surface area (Å²) in [6.07, 6.45) is -4.00. The first kappa shape index (κ1) is 29.8. The fourth-order valence-electron chi connectivity index (χ4n) is 3.42. The number of nitrogens with one attached hydrogen (secondary N) is 3. The second-order valence-corrected chi connectivity index (χ2v) is 11.0. The Morgan fingerprint density at radius 1 is 1.05 bits per heavy atom. The van der Waals surface area contributed by atoms with E-state index in [1.165, 1.54) is 19.2 Å². The van der Waals surface area contributed by atoms with Gasteiger partial charge in [0.15, 0.2) is 0 Å². The second kappa shape index (κ2) is 12.9. The van der Waals surface area contributed by atoms with Crippen molar-refractivity contribution >= 4 is 59.2 Å². The Hall–Kier alpha value is -2.74. The van der Waals surface area contributed by atoms with E-state index in [2.05, 4.69) is 25.9 Å².